The summed E-state index contributed by atoms with van der Waals surface area (Å²) in [5.41, 5.74) is 1.70. The van der Waals surface area contributed by atoms with Crippen LogP contribution in [0.2, 0.25) is 0 Å². The Morgan fingerprint density at radius 2 is 2.13 bits per heavy atom. The number of ether oxygens (including phenoxy) is 1. The largest absolute Gasteiger partial charge is 0.488 e. The lowest BCUT2D eigenvalue weighted by Crippen LogP contribution is -2.30. The van der Waals surface area contributed by atoms with Crippen molar-refractivity contribution in [1.29, 1.82) is 0 Å². The number of para-hydroxylation sites is 1. The predicted molar refractivity (Wildman–Crippen MR) is 84.9 cm³/mol. The van der Waals surface area contributed by atoms with Crippen LogP contribution in [0.5, 0.6) is 5.75 Å². The van der Waals surface area contributed by atoms with Crippen molar-refractivity contribution in [1.82, 2.24) is 4.90 Å². The van der Waals surface area contributed by atoms with E-state index in [1.807, 2.05) is 30.3 Å². The number of imide groups is 1. The van der Waals surface area contributed by atoms with E-state index in [0.717, 1.165) is 33.5 Å². The molecule has 0 radical (unpaired) electrons. The van der Waals surface area contributed by atoms with Crippen molar-refractivity contribution in [2.24, 2.45) is 0 Å². The molecule has 0 atom stereocenters. The fraction of sp³-hybridized carbons (Fsp3) is 0.188. The first-order valence-corrected chi connectivity index (χ1v) is 7.76. The monoisotopic (exact) mass is 331 g/mol. The molecule has 1 fully saturated rings. The lowest BCUT2D eigenvalue weighted by molar-refractivity contribution is -0.137. The van der Waals surface area contributed by atoms with Gasteiger partial charge in [0.1, 0.15) is 12.4 Å². The number of carboxylic acid groups (broad SMARTS) is 1. The minimum absolute atomic E-state index is 0.115. The van der Waals surface area contributed by atoms with Crippen molar-refractivity contribution in [2.75, 3.05) is 13.2 Å². The number of fused-ring (bicyclic) bond motifs is 1. The van der Waals surface area contributed by atoms with Gasteiger partial charge in [-0.15, -0.1) is 0 Å². The van der Waals surface area contributed by atoms with Crippen molar-refractivity contribution in [2.45, 2.75) is 6.42 Å². The van der Waals surface area contributed by atoms with Gasteiger partial charge in [0.15, 0.2) is 0 Å². The van der Waals surface area contributed by atoms with Gasteiger partial charge in [-0.25, -0.2) is 0 Å². The fourth-order valence-corrected chi connectivity index (χ4v) is 3.17. The van der Waals surface area contributed by atoms with E-state index >= 15 is 0 Å². The van der Waals surface area contributed by atoms with Crippen molar-refractivity contribution in [3.8, 4) is 5.75 Å². The third-order valence-corrected chi connectivity index (χ3v) is 4.30. The zero-order valence-electron chi connectivity index (χ0n) is 12.0. The first-order valence-electron chi connectivity index (χ1n) is 6.94. The number of thioether (sulfide) groups is 1. The molecule has 7 heteroatoms. The summed E-state index contributed by atoms with van der Waals surface area (Å²) in [5, 5.41) is 8.23. The van der Waals surface area contributed by atoms with Crippen molar-refractivity contribution >= 4 is 35.0 Å². The molecular weight excluding hydrogens is 318 g/mol. The Hall–Kier alpha value is -2.54. The van der Waals surface area contributed by atoms with Gasteiger partial charge in [-0.2, -0.15) is 0 Å². The molecule has 1 N–H and O–H groups in total. The zero-order chi connectivity index (χ0) is 16.4. The van der Waals surface area contributed by atoms with Crippen molar-refractivity contribution < 1.29 is 24.2 Å². The number of hydrogen-bond acceptors (Lipinski definition) is 5. The van der Waals surface area contributed by atoms with E-state index in [9.17, 15) is 14.4 Å². The maximum Gasteiger partial charge on any atom is 0.305 e. The minimum atomic E-state index is -1.05. The molecule has 0 spiro atoms. The Balaban J connectivity index is 1.79. The molecular formula is C16H13NO5S. The van der Waals surface area contributed by atoms with E-state index in [4.69, 9.17) is 9.84 Å². The van der Waals surface area contributed by atoms with Gasteiger partial charge in [-0.1, -0.05) is 18.2 Å². The second-order valence-corrected chi connectivity index (χ2v) is 6.02. The number of hydrogen-bond donors (Lipinski definition) is 1. The van der Waals surface area contributed by atoms with Crippen LogP contribution < -0.4 is 4.74 Å². The van der Waals surface area contributed by atoms with Gasteiger partial charge in [0, 0.05) is 12.1 Å². The Kier molecular flexibility index (Phi) is 4.20. The van der Waals surface area contributed by atoms with Crippen LogP contribution >= 0.6 is 11.8 Å². The summed E-state index contributed by atoms with van der Waals surface area (Å²) in [4.78, 5) is 35.9. The number of carbonyl (C=O) groups is 3. The molecule has 1 aromatic carbocycles. The number of carbonyl (C=O) groups excluding carboxylic acids is 2. The number of amides is 2. The molecule has 0 saturated carbocycles. The quantitative estimate of drug-likeness (QED) is 0.854. The highest BCUT2D eigenvalue weighted by molar-refractivity contribution is 8.18. The van der Waals surface area contributed by atoms with Gasteiger partial charge in [0.25, 0.3) is 11.1 Å². The van der Waals surface area contributed by atoms with Gasteiger partial charge in [0.2, 0.25) is 0 Å². The molecule has 3 rings (SSSR count). The summed E-state index contributed by atoms with van der Waals surface area (Å²) in [6.45, 7) is 0.202. The molecule has 0 aromatic heterocycles. The van der Waals surface area contributed by atoms with Crippen LogP contribution in [0.4, 0.5) is 4.79 Å². The van der Waals surface area contributed by atoms with E-state index in [0.29, 0.717) is 6.61 Å². The van der Waals surface area contributed by atoms with Crippen molar-refractivity contribution in [3.63, 3.8) is 0 Å². The van der Waals surface area contributed by atoms with Crippen LogP contribution in [0, 0.1) is 0 Å². The summed E-state index contributed by atoms with van der Waals surface area (Å²) in [7, 11) is 0. The SMILES string of the molecule is O=C(O)CCN1C(=O)S/C(=C\C2=Cc3ccccc3OC2)C1=O. The van der Waals surface area contributed by atoms with Gasteiger partial charge >= 0.3 is 5.97 Å². The van der Waals surface area contributed by atoms with Crippen LogP contribution in [-0.4, -0.2) is 40.3 Å². The zero-order valence-corrected chi connectivity index (χ0v) is 12.8. The second kappa shape index (κ2) is 6.29. The maximum atomic E-state index is 12.2. The summed E-state index contributed by atoms with van der Waals surface area (Å²) in [6.07, 6.45) is 3.27. The average Bonchev–Trinajstić information content (AvgIpc) is 2.79. The lowest BCUT2D eigenvalue weighted by Gasteiger charge is -2.16. The highest BCUT2D eigenvalue weighted by Gasteiger charge is 2.35. The molecule has 2 aliphatic rings. The molecule has 23 heavy (non-hydrogen) atoms. The van der Waals surface area contributed by atoms with Crippen LogP contribution in [-0.2, 0) is 9.59 Å². The second-order valence-electron chi connectivity index (χ2n) is 5.02. The lowest BCUT2D eigenvalue weighted by atomic mass is 10.1. The Morgan fingerprint density at radius 3 is 2.91 bits per heavy atom. The van der Waals surface area contributed by atoms with Gasteiger partial charge in [0.05, 0.1) is 11.3 Å². The fourth-order valence-electron chi connectivity index (χ4n) is 2.29. The Bertz CT molecular complexity index is 753. The Labute approximate surface area is 136 Å². The minimum Gasteiger partial charge on any atom is -0.488 e. The normalized spacial score (nSPS) is 18.7. The average molecular weight is 331 g/mol. The first-order chi connectivity index (χ1) is 11.0. The van der Waals surface area contributed by atoms with Crippen molar-refractivity contribution in [3.05, 3.63) is 46.4 Å². The first kappa shape index (κ1) is 15.4. The van der Waals surface area contributed by atoms with E-state index in [1.165, 1.54) is 0 Å². The van der Waals surface area contributed by atoms with Crippen LogP contribution in [0.1, 0.15) is 12.0 Å². The molecule has 2 aliphatic heterocycles. The number of benzene rings is 1. The van der Waals surface area contributed by atoms with Crippen LogP contribution in [0.3, 0.4) is 0 Å². The van der Waals surface area contributed by atoms with Crippen LogP contribution in [0.25, 0.3) is 6.08 Å². The predicted octanol–water partition coefficient (Wildman–Crippen LogP) is 2.52. The summed E-state index contributed by atoms with van der Waals surface area (Å²) < 4.78 is 5.60. The molecule has 0 bridgehead atoms. The van der Waals surface area contributed by atoms with Gasteiger partial charge < -0.3 is 9.84 Å². The third kappa shape index (κ3) is 3.29. The Morgan fingerprint density at radius 1 is 1.35 bits per heavy atom. The molecule has 1 saturated heterocycles. The highest BCUT2D eigenvalue weighted by atomic mass is 32.2. The van der Waals surface area contributed by atoms with Gasteiger partial charge in [-0.05, 0) is 35.6 Å². The molecule has 0 aliphatic carbocycles. The summed E-state index contributed by atoms with van der Waals surface area (Å²) in [6, 6.07) is 7.54. The smallest absolute Gasteiger partial charge is 0.305 e. The van der Waals surface area contributed by atoms with Gasteiger partial charge in [-0.3, -0.25) is 19.3 Å². The summed E-state index contributed by atoms with van der Waals surface area (Å²) in [5.74, 6) is -0.728. The van der Waals surface area contributed by atoms with E-state index in [1.54, 1.807) is 6.08 Å². The third-order valence-electron chi connectivity index (χ3n) is 3.39. The molecule has 1 aromatic rings. The molecule has 0 unspecified atom stereocenters. The topological polar surface area (TPSA) is 83.9 Å². The molecule has 2 heterocycles. The van der Waals surface area contributed by atoms with E-state index in [-0.39, 0.29) is 17.9 Å². The van der Waals surface area contributed by atoms with E-state index < -0.39 is 17.1 Å². The molecule has 118 valence electrons. The number of carboxylic acids is 1. The summed E-state index contributed by atoms with van der Waals surface area (Å²) >= 11 is 0.818. The standard InChI is InChI=1S/C16H13NO5S/c18-14(19)5-6-17-15(20)13(23-16(17)21)8-10-7-11-3-1-2-4-12(11)22-9-10/h1-4,7-8H,5-6,9H2,(H,18,19)/b13-8-. The van der Waals surface area contributed by atoms with Crippen LogP contribution in [0.15, 0.2) is 40.8 Å². The number of aliphatic carboxylic acids is 1. The maximum absolute atomic E-state index is 12.2. The molecule has 6 nitrogen and oxygen atoms in total. The number of rotatable bonds is 4. The molecule has 2 amide bonds. The number of nitrogens with zero attached hydrogens (tertiary/aromatic N) is 1. The van der Waals surface area contributed by atoms with E-state index in [2.05, 4.69) is 0 Å². The highest BCUT2D eigenvalue weighted by Crippen LogP contribution is 2.33.